The molecule has 7 heteroatoms. The molecule has 3 aliphatic heterocycles. The third kappa shape index (κ3) is 3.62. The summed E-state index contributed by atoms with van der Waals surface area (Å²) in [5.74, 6) is 1.20. The number of piperidine rings is 1. The Morgan fingerprint density at radius 3 is 2.52 bits per heavy atom. The van der Waals surface area contributed by atoms with Crippen LogP contribution in [-0.2, 0) is 0 Å². The average molecular weight is 394 g/mol. The molecule has 4 heterocycles. The predicted octanol–water partition coefficient (Wildman–Crippen LogP) is 3.48. The van der Waals surface area contributed by atoms with Crippen molar-refractivity contribution < 1.29 is 14.0 Å². The zero-order chi connectivity index (χ0) is 19.8. The Labute approximate surface area is 170 Å². The number of rotatable bonds is 3. The molecule has 3 amide bonds. The number of carbonyl (C=O) groups excluding carboxylic acids is 2. The molecule has 0 spiro atoms. The number of urea groups is 1. The minimum absolute atomic E-state index is 0.0332. The van der Waals surface area contributed by atoms with E-state index in [1.54, 1.807) is 36.4 Å². The zero-order valence-corrected chi connectivity index (χ0v) is 16.3. The van der Waals surface area contributed by atoms with Gasteiger partial charge < -0.3 is 20.0 Å². The molecule has 0 radical (unpaired) electrons. The summed E-state index contributed by atoms with van der Waals surface area (Å²) in [6, 6.07) is 11.1. The fraction of sp³-hybridized carbons (Fsp3) is 0.455. The lowest BCUT2D eigenvalue weighted by Gasteiger charge is -2.33. The van der Waals surface area contributed by atoms with Gasteiger partial charge in [0, 0.05) is 37.1 Å². The van der Waals surface area contributed by atoms with E-state index in [9.17, 15) is 9.59 Å². The highest BCUT2D eigenvalue weighted by Gasteiger charge is 2.48. The standard InChI is InChI=1S/C22H26N4O3/c27-21(20-5-3-11-29-20)23-16-6-8-17(9-7-16)24-22(28)26-13-15-12-25-10-2-1-4-19(25)18(15)14-26/h3,5-9,11,15,18-19H,1-2,4,10,12-14H2,(H,23,27)(H,24,28). The summed E-state index contributed by atoms with van der Waals surface area (Å²) in [5, 5.41) is 5.77. The van der Waals surface area contributed by atoms with E-state index in [0.717, 1.165) is 25.3 Å². The Hall–Kier alpha value is -2.80. The van der Waals surface area contributed by atoms with Gasteiger partial charge in [0.05, 0.1) is 6.26 Å². The molecule has 0 bridgehead atoms. The van der Waals surface area contributed by atoms with Crippen molar-refractivity contribution in [3.8, 4) is 0 Å². The molecule has 29 heavy (non-hydrogen) atoms. The van der Waals surface area contributed by atoms with Gasteiger partial charge in [-0.3, -0.25) is 9.69 Å². The van der Waals surface area contributed by atoms with E-state index in [-0.39, 0.29) is 17.7 Å². The van der Waals surface area contributed by atoms with Crippen molar-refractivity contribution in [1.82, 2.24) is 9.80 Å². The van der Waals surface area contributed by atoms with Crippen molar-refractivity contribution in [1.29, 1.82) is 0 Å². The second-order valence-corrected chi connectivity index (χ2v) is 8.33. The van der Waals surface area contributed by atoms with Crippen LogP contribution in [0.2, 0.25) is 0 Å². The van der Waals surface area contributed by atoms with E-state index in [4.69, 9.17) is 4.42 Å². The van der Waals surface area contributed by atoms with Crippen LogP contribution in [0.5, 0.6) is 0 Å². The number of nitrogens with one attached hydrogen (secondary N) is 2. The molecule has 0 aliphatic carbocycles. The predicted molar refractivity (Wildman–Crippen MR) is 110 cm³/mol. The van der Waals surface area contributed by atoms with Gasteiger partial charge in [0.2, 0.25) is 0 Å². The van der Waals surface area contributed by atoms with Gasteiger partial charge in [0.1, 0.15) is 0 Å². The van der Waals surface area contributed by atoms with Crippen LogP contribution in [0.15, 0.2) is 47.1 Å². The molecule has 3 atom stereocenters. The highest BCUT2D eigenvalue weighted by atomic mass is 16.3. The third-order valence-corrected chi connectivity index (χ3v) is 6.55. The zero-order valence-electron chi connectivity index (χ0n) is 16.3. The second kappa shape index (κ2) is 7.55. The van der Waals surface area contributed by atoms with Crippen LogP contribution in [0, 0.1) is 11.8 Å². The monoisotopic (exact) mass is 394 g/mol. The summed E-state index contributed by atoms with van der Waals surface area (Å²) in [4.78, 5) is 29.4. The Kier molecular flexibility index (Phi) is 4.75. The van der Waals surface area contributed by atoms with Crippen molar-refractivity contribution >= 4 is 23.3 Å². The number of carbonyl (C=O) groups is 2. The number of amides is 3. The molecule has 2 aromatic rings. The Bertz CT molecular complexity index is 880. The van der Waals surface area contributed by atoms with Gasteiger partial charge in [-0.25, -0.2) is 4.79 Å². The fourth-order valence-electron chi connectivity index (χ4n) is 5.16. The fourth-order valence-corrected chi connectivity index (χ4v) is 5.16. The number of hydrogen-bond donors (Lipinski definition) is 2. The summed E-state index contributed by atoms with van der Waals surface area (Å²) >= 11 is 0. The maximum Gasteiger partial charge on any atom is 0.321 e. The first kappa shape index (κ1) is 18.2. The number of fused-ring (bicyclic) bond motifs is 3. The largest absolute Gasteiger partial charge is 0.459 e. The first-order valence-electron chi connectivity index (χ1n) is 10.4. The van der Waals surface area contributed by atoms with Crippen LogP contribution in [0.25, 0.3) is 0 Å². The second-order valence-electron chi connectivity index (χ2n) is 8.33. The molecule has 3 fully saturated rings. The lowest BCUT2D eigenvalue weighted by atomic mass is 9.90. The van der Waals surface area contributed by atoms with Crippen LogP contribution in [0.1, 0.15) is 29.8 Å². The van der Waals surface area contributed by atoms with E-state index in [1.807, 2.05) is 4.90 Å². The summed E-state index contributed by atoms with van der Waals surface area (Å²) in [7, 11) is 0. The van der Waals surface area contributed by atoms with Gasteiger partial charge in [-0.15, -0.1) is 0 Å². The Morgan fingerprint density at radius 2 is 1.76 bits per heavy atom. The molecule has 7 nitrogen and oxygen atoms in total. The molecule has 2 N–H and O–H groups in total. The first-order chi connectivity index (χ1) is 14.2. The molecule has 3 saturated heterocycles. The van der Waals surface area contributed by atoms with Gasteiger partial charge in [-0.05, 0) is 67.6 Å². The number of nitrogens with zero attached hydrogens (tertiary/aromatic N) is 2. The van der Waals surface area contributed by atoms with Crippen molar-refractivity contribution in [2.75, 3.05) is 36.8 Å². The SMILES string of the molecule is O=C(Nc1ccc(NC(=O)N2CC3CN4CCCCC4C3C2)cc1)c1ccco1. The Balaban J connectivity index is 1.16. The Morgan fingerprint density at radius 1 is 0.966 bits per heavy atom. The number of anilines is 2. The molecule has 152 valence electrons. The quantitative estimate of drug-likeness (QED) is 0.836. The van der Waals surface area contributed by atoms with Gasteiger partial charge >= 0.3 is 6.03 Å². The summed E-state index contributed by atoms with van der Waals surface area (Å²) in [6.45, 7) is 4.07. The summed E-state index contributed by atoms with van der Waals surface area (Å²) < 4.78 is 5.09. The average Bonchev–Trinajstić information content (AvgIpc) is 3.45. The molecule has 5 rings (SSSR count). The normalized spacial score (nSPS) is 26.1. The van der Waals surface area contributed by atoms with E-state index < -0.39 is 0 Å². The van der Waals surface area contributed by atoms with Crippen molar-refractivity contribution in [3.63, 3.8) is 0 Å². The van der Waals surface area contributed by atoms with Crippen LogP contribution in [0.4, 0.5) is 16.2 Å². The van der Waals surface area contributed by atoms with E-state index >= 15 is 0 Å². The maximum absolute atomic E-state index is 12.7. The highest BCUT2D eigenvalue weighted by molar-refractivity contribution is 6.02. The molecule has 3 unspecified atom stereocenters. The molecule has 0 saturated carbocycles. The minimum atomic E-state index is -0.299. The van der Waals surface area contributed by atoms with Gasteiger partial charge in [-0.2, -0.15) is 0 Å². The number of likely N-dealkylation sites (tertiary alicyclic amines) is 1. The summed E-state index contributed by atoms with van der Waals surface area (Å²) in [5.41, 5.74) is 1.37. The lowest BCUT2D eigenvalue weighted by Crippen LogP contribution is -2.41. The van der Waals surface area contributed by atoms with Gasteiger partial charge in [-0.1, -0.05) is 6.42 Å². The first-order valence-corrected chi connectivity index (χ1v) is 10.4. The van der Waals surface area contributed by atoms with Crippen molar-refractivity contribution in [3.05, 3.63) is 48.4 Å². The maximum atomic E-state index is 12.7. The molecule has 3 aliphatic rings. The van der Waals surface area contributed by atoms with Crippen LogP contribution in [0.3, 0.4) is 0 Å². The van der Waals surface area contributed by atoms with E-state index in [1.165, 1.54) is 32.1 Å². The molecule has 1 aromatic carbocycles. The topological polar surface area (TPSA) is 77.8 Å². The van der Waals surface area contributed by atoms with Crippen LogP contribution < -0.4 is 10.6 Å². The van der Waals surface area contributed by atoms with Crippen LogP contribution in [-0.4, -0.2) is 54.0 Å². The smallest absolute Gasteiger partial charge is 0.321 e. The number of hydrogen-bond acceptors (Lipinski definition) is 4. The number of furan rings is 1. The highest BCUT2D eigenvalue weighted by Crippen LogP contribution is 2.40. The van der Waals surface area contributed by atoms with Crippen molar-refractivity contribution in [2.24, 2.45) is 11.8 Å². The van der Waals surface area contributed by atoms with Crippen molar-refractivity contribution in [2.45, 2.75) is 25.3 Å². The molecule has 1 aromatic heterocycles. The van der Waals surface area contributed by atoms with Crippen LogP contribution >= 0.6 is 0 Å². The molecular formula is C22H26N4O3. The molecular weight excluding hydrogens is 368 g/mol. The summed E-state index contributed by atoms with van der Waals surface area (Å²) in [6.07, 6.45) is 5.38. The van der Waals surface area contributed by atoms with E-state index in [0.29, 0.717) is 23.6 Å². The number of benzene rings is 1. The minimum Gasteiger partial charge on any atom is -0.459 e. The van der Waals surface area contributed by atoms with Gasteiger partial charge in [0.25, 0.3) is 5.91 Å². The van der Waals surface area contributed by atoms with Gasteiger partial charge in [0.15, 0.2) is 5.76 Å². The third-order valence-electron chi connectivity index (χ3n) is 6.55. The van der Waals surface area contributed by atoms with E-state index in [2.05, 4.69) is 15.5 Å². The lowest BCUT2D eigenvalue weighted by molar-refractivity contribution is 0.0996.